The minimum atomic E-state index is -3.04. The van der Waals surface area contributed by atoms with Crippen molar-refractivity contribution in [3.05, 3.63) is 53.1 Å². The van der Waals surface area contributed by atoms with Crippen LogP contribution in [-0.2, 0) is 20.8 Å². The maximum Gasteiger partial charge on any atom is 0.387 e. The molecule has 1 heterocycles. The number of carboxylic acids is 1. The first kappa shape index (κ1) is 28.2. The van der Waals surface area contributed by atoms with Crippen molar-refractivity contribution in [3.63, 3.8) is 0 Å². The SMILES string of the molecule is C[Si](C)(C)c1c(F)cc(NC(=O)C2c3ccc(OC(F)F)cc3CCN2C(=O)CCCC(=O)O)cc1F. The zero-order valence-corrected chi connectivity index (χ0v) is 21.6. The van der Waals surface area contributed by atoms with Gasteiger partial charge in [0, 0.05) is 30.3 Å². The molecule has 2 amide bonds. The third-order valence-corrected chi connectivity index (χ3v) is 7.96. The molecule has 12 heteroatoms. The van der Waals surface area contributed by atoms with Gasteiger partial charge in [-0.25, -0.2) is 8.78 Å². The molecular formula is C25H28F4N2O5Si. The smallest absolute Gasteiger partial charge is 0.387 e. The monoisotopic (exact) mass is 540 g/mol. The summed E-state index contributed by atoms with van der Waals surface area (Å²) in [6.07, 6.45) is -0.0739. The van der Waals surface area contributed by atoms with E-state index in [0.29, 0.717) is 11.1 Å². The van der Waals surface area contributed by atoms with Gasteiger partial charge in [0.25, 0.3) is 5.91 Å². The number of benzene rings is 2. The Morgan fingerprint density at radius 1 is 1.11 bits per heavy atom. The van der Waals surface area contributed by atoms with Crippen LogP contribution in [0.25, 0.3) is 0 Å². The summed E-state index contributed by atoms with van der Waals surface area (Å²) in [5, 5.41) is 11.3. The molecule has 0 saturated heterocycles. The zero-order valence-electron chi connectivity index (χ0n) is 20.6. The summed E-state index contributed by atoms with van der Waals surface area (Å²) in [4.78, 5) is 38.4. The summed E-state index contributed by atoms with van der Waals surface area (Å²) in [6.45, 7) is 2.35. The van der Waals surface area contributed by atoms with Crippen LogP contribution in [0.15, 0.2) is 30.3 Å². The van der Waals surface area contributed by atoms with Crippen molar-refractivity contribution in [2.24, 2.45) is 0 Å². The second kappa shape index (κ2) is 11.3. The van der Waals surface area contributed by atoms with Crippen molar-refractivity contribution in [1.82, 2.24) is 4.90 Å². The molecule has 3 rings (SSSR count). The van der Waals surface area contributed by atoms with Crippen molar-refractivity contribution in [3.8, 4) is 5.75 Å². The van der Waals surface area contributed by atoms with E-state index in [2.05, 4.69) is 10.1 Å². The molecule has 1 aliphatic rings. The highest BCUT2D eigenvalue weighted by Crippen LogP contribution is 2.34. The number of ether oxygens (including phenoxy) is 1. The number of aliphatic carboxylic acids is 1. The molecule has 2 aromatic carbocycles. The van der Waals surface area contributed by atoms with Crippen molar-refractivity contribution in [2.75, 3.05) is 11.9 Å². The molecule has 7 nitrogen and oxygen atoms in total. The summed E-state index contributed by atoms with van der Waals surface area (Å²) in [5.74, 6) is -3.98. The van der Waals surface area contributed by atoms with Gasteiger partial charge in [0.1, 0.15) is 23.4 Å². The minimum Gasteiger partial charge on any atom is -0.481 e. The normalized spacial score (nSPS) is 15.4. The Labute approximate surface area is 212 Å². The molecule has 2 aromatic rings. The van der Waals surface area contributed by atoms with E-state index in [0.717, 1.165) is 12.1 Å². The van der Waals surface area contributed by atoms with Gasteiger partial charge in [-0.15, -0.1) is 0 Å². The Hall–Kier alpha value is -3.41. The first-order chi connectivity index (χ1) is 17.3. The number of rotatable bonds is 9. The van der Waals surface area contributed by atoms with E-state index in [1.807, 2.05) is 0 Å². The van der Waals surface area contributed by atoms with Crippen LogP contribution >= 0.6 is 0 Å². The first-order valence-electron chi connectivity index (χ1n) is 11.7. The van der Waals surface area contributed by atoms with Gasteiger partial charge in [0.05, 0.1) is 8.07 Å². The lowest BCUT2D eigenvalue weighted by atomic mass is 9.91. The highest BCUT2D eigenvalue weighted by molar-refractivity contribution is 6.88. The maximum absolute atomic E-state index is 14.8. The molecule has 0 spiro atoms. The van der Waals surface area contributed by atoms with Crippen LogP contribution in [0.5, 0.6) is 5.75 Å². The van der Waals surface area contributed by atoms with Gasteiger partial charge in [-0.3, -0.25) is 14.4 Å². The summed E-state index contributed by atoms with van der Waals surface area (Å²) in [7, 11) is -2.35. The fourth-order valence-electron chi connectivity index (χ4n) is 4.44. The van der Waals surface area contributed by atoms with Gasteiger partial charge in [0.2, 0.25) is 5.91 Å². The van der Waals surface area contributed by atoms with Crippen LogP contribution in [-0.4, -0.2) is 49.0 Å². The molecule has 0 radical (unpaired) electrons. The predicted octanol–water partition coefficient (Wildman–Crippen LogP) is 4.43. The second-order valence-corrected chi connectivity index (χ2v) is 14.8. The average Bonchev–Trinajstić information content (AvgIpc) is 2.75. The van der Waals surface area contributed by atoms with E-state index >= 15 is 0 Å². The molecule has 2 N–H and O–H groups in total. The summed E-state index contributed by atoms with van der Waals surface area (Å²) in [6, 6.07) is 4.81. The highest BCUT2D eigenvalue weighted by Gasteiger charge is 2.36. The molecule has 37 heavy (non-hydrogen) atoms. The molecule has 1 atom stereocenters. The number of amides is 2. The van der Waals surface area contributed by atoms with Crippen molar-refractivity contribution < 1.29 is 41.8 Å². The van der Waals surface area contributed by atoms with Crippen molar-refractivity contribution >= 4 is 36.7 Å². The topological polar surface area (TPSA) is 95.9 Å². The number of carbonyl (C=O) groups is 3. The molecule has 0 saturated carbocycles. The third-order valence-electron chi connectivity index (χ3n) is 5.98. The number of carboxylic acid groups (broad SMARTS) is 1. The minimum absolute atomic E-state index is 0.00435. The Kier molecular flexibility index (Phi) is 8.62. The summed E-state index contributed by atoms with van der Waals surface area (Å²) < 4.78 is 59.3. The quantitative estimate of drug-likeness (QED) is 0.363. The Bertz CT molecular complexity index is 1180. The van der Waals surface area contributed by atoms with Crippen molar-refractivity contribution in [1.29, 1.82) is 0 Å². The molecule has 1 unspecified atom stereocenters. The first-order valence-corrected chi connectivity index (χ1v) is 15.2. The number of alkyl halides is 2. The van der Waals surface area contributed by atoms with Crippen LogP contribution in [0.1, 0.15) is 36.4 Å². The lowest BCUT2D eigenvalue weighted by molar-refractivity contribution is -0.140. The van der Waals surface area contributed by atoms with Gasteiger partial charge in [0.15, 0.2) is 0 Å². The van der Waals surface area contributed by atoms with Gasteiger partial charge < -0.3 is 20.1 Å². The van der Waals surface area contributed by atoms with Crippen LogP contribution < -0.4 is 15.2 Å². The number of fused-ring (bicyclic) bond motifs is 1. The van der Waals surface area contributed by atoms with Gasteiger partial charge in [-0.1, -0.05) is 25.7 Å². The summed E-state index contributed by atoms with van der Waals surface area (Å²) >= 11 is 0. The number of nitrogens with zero attached hydrogens (tertiary/aromatic N) is 1. The largest absolute Gasteiger partial charge is 0.481 e. The van der Waals surface area contributed by atoms with Crippen LogP contribution in [0.3, 0.4) is 0 Å². The Morgan fingerprint density at radius 2 is 1.76 bits per heavy atom. The molecule has 0 aliphatic carbocycles. The highest BCUT2D eigenvalue weighted by atomic mass is 28.3. The summed E-state index contributed by atoms with van der Waals surface area (Å²) in [5.41, 5.74) is 0.709. The van der Waals surface area contributed by atoms with E-state index in [-0.39, 0.29) is 48.9 Å². The van der Waals surface area contributed by atoms with E-state index in [1.165, 1.54) is 23.1 Å². The number of halogens is 4. The van der Waals surface area contributed by atoms with Crippen molar-refractivity contribution in [2.45, 2.75) is 58.0 Å². The lowest BCUT2D eigenvalue weighted by Crippen LogP contribution is -2.45. The molecular weight excluding hydrogens is 512 g/mol. The number of nitrogens with one attached hydrogen (secondary N) is 1. The van der Waals surface area contributed by atoms with E-state index in [1.54, 1.807) is 19.6 Å². The van der Waals surface area contributed by atoms with Crippen LogP contribution in [0.2, 0.25) is 19.6 Å². The Balaban J connectivity index is 1.94. The fourth-order valence-corrected chi connectivity index (χ4v) is 6.02. The second-order valence-electron chi connectivity index (χ2n) is 9.78. The molecule has 0 aromatic heterocycles. The molecule has 200 valence electrons. The van der Waals surface area contributed by atoms with E-state index in [9.17, 15) is 31.9 Å². The standard InChI is InChI=1S/C25H28F4N2O5Si/c1-37(2,3)23-18(26)12-15(13-19(23)27)30-24(35)22-17-8-7-16(36-25(28)29)11-14(17)9-10-31(22)20(32)5-4-6-21(33)34/h7-8,11-13,22,25H,4-6,9-10H2,1-3H3,(H,30,35)(H,33,34). The van der Waals surface area contributed by atoms with E-state index in [4.69, 9.17) is 5.11 Å². The Morgan fingerprint density at radius 3 is 2.32 bits per heavy atom. The number of hydrogen-bond acceptors (Lipinski definition) is 4. The molecule has 1 aliphatic heterocycles. The van der Waals surface area contributed by atoms with Crippen LogP contribution in [0, 0.1) is 11.6 Å². The van der Waals surface area contributed by atoms with Gasteiger partial charge in [-0.05, 0) is 48.2 Å². The predicted molar refractivity (Wildman–Crippen MR) is 131 cm³/mol. The number of hydrogen-bond donors (Lipinski definition) is 2. The number of anilines is 1. The number of carbonyl (C=O) groups excluding carboxylic acids is 2. The third kappa shape index (κ3) is 6.88. The zero-order chi connectivity index (χ0) is 27.5. The molecule has 0 bridgehead atoms. The fraction of sp³-hybridized carbons (Fsp3) is 0.400. The van der Waals surface area contributed by atoms with Gasteiger partial charge >= 0.3 is 12.6 Å². The maximum atomic E-state index is 14.8. The lowest BCUT2D eigenvalue weighted by Gasteiger charge is -2.36. The van der Waals surface area contributed by atoms with Crippen LogP contribution in [0.4, 0.5) is 23.2 Å². The molecule has 0 fully saturated rings. The average molecular weight is 541 g/mol. The van der Waals surface area contributed by atoms with E-state index < -0.39 is 50.1 Å². The van der Waals surface area contributed by atoms with Gasteiger partial charge in [-0.2, -0.15) is 8.78 Å².